The molecule has 0 fully saturated rings. The molecule has 7 nitrogen and oxygen atoms in total. The number of aromatic nitrogens is 4. The molecule has 24 heavy (non-hydrogen) atoms. The van der Waals surface area contributed by atoms with Crippen molar-refractivity contribution in [3.05, 3.63) is 55.0 Å². The molecule has 3 N–H and O–H groups in total. The molecule has 0 aliphatic heterocycles. The Bertz CT molecular complexity index is 886. The maximum absolute atomic E-state index is 11.1. The zero-order valence-corrected chi connectivity index (χ0v) is 13.1. The van der Waals surface area contributed by atoms with Gasteiger partial charge in [-0.05, 0) is 42.7 Å². The molecule has 3 rings (SSSR count). The van der Waals surface area contributed by atoms with Crippen molar-refractivity contribution in [3.8, 4) is 5.82 Å². The Morgan fingerprint density at radius 1 is 1.33 bits per heavy atom. The van der Waals surface area contributed by atoms with Crippen LogP contribution in [0.2, 0.25) is 0 Å². The van der Waals surface area contributed by atoms with E-state index in [4.69, 9.17) is 5.73 Å². The minimum atomic E-state index is -0.148. The van der Waals surface area contributed by atoms with Crippen LogP contribution >= 0.6 is 0 Å². The highest BCUT2D eigenvalue weighted by atomic mass is 16.1. The molecule has 0 atom stereocenters. The summed E-state index contributed by atoms with van der Waals surface area (Å²) in [6.07, 6.45) is 6.32. The summed E-state index contributed by atoms with van der Waals surface area (Å²) in [6, 6.07) is 7.89. The monoisotopic (exact) mass is 322 g/mol. The summed E-state index contributed by atoms with van der Waals surface area (Å²) < 4.78 is 1.89. The minimum absolute atomic E-state index is 0.148. The summed E-state index contributed by atoms with van der Waals surface area (Å²) in [5.74, 6) is 0.758. The normalized spacial score (nSPS) is 10.7. The van der Waals surface area contributed by atoms with Crippen LogP contribution in [0.25, 0.3) is 16.9 Å². The van der Waals surface area contributed by atoms with Gasteiger partial charge in [-0.25, -0.2) is 9.97 Å². The molecule has 1 amide bonds. The lowest BCUT2D eigenvalue weighted by Gasteiger charge is -2.06. The van der Waals surface area contributed by atoms with Gasteiger partial charge in [-0.15, -0.1) is 0 Å². The van der Waals surface area contributed by atoms with Crippen LogP contribution in [0.1, 0.15) is 12.0 Å². The molecule has 1 aromatic carbocycles. The van der Waals surface area contributed by atoms with Crippen LogP contribution in [-0.2, 0) is 11.2 Å². The Morgan fingerprint density at radius 3 is 3.00 bits per heavy atom. The van der Waals surface area contributed by atoms with Crippen molar-refractivity contribution in [1.82, 2.24) is 24.8 Å². The molecule has 0 unspecified atom stereocenters. The first-order valence-electron chi connectivity index (χ1n) is 7.62. The van der Waals surface area contributed by atoms with Crippen LogP contribution in [-0.4, -0.2) is 32.0 Å². The van der Waals surface area contributed by atoms with E-state index in [-0.39, 0.29) is 11.9 Å². The van der Waals surface area contributed by atoms with E-state index in [1.807, 2.05) is 16.7 Å². The number of hydrogen-bond acceptors (Lipinski definition) is 5. The van der Waals surface area contributed by atoms with E-state index in [1.54, 1.807) is 18.6 Å². The second kappa shape index (κ2) is 6.91. The van der Waals surface area contributed by atoms with Gasteiger partial charge in [-0.2, -0.15) is 4.98 Å². The van der Waals surface area contributed by atoms with Crippen molar-refractivity contribution >= 4 is 22.9 Å². The molecule has 0 saturated heterocycles. The number of hydrogen-bond donors (Lipinski definition) is 2. The number of nitrogens with two attached hydrogens (primary N) is 1. The summed E-state index contributed by atoms with van der Waals surface area (Å²) in [5, 5.41) is 2.77. The molecule has 0 radical (unpaired) electrons. The third kappa shape index (κ3) is 3.40. The average molecular weight is 322 g/mol. The third-order valence-electron chi connectivity index (χ3n) is 3.64. The number of imidazole rings is 1. The highest BCUT2D eigenvalue weighted by molar-refractivity contribution is 5.86. The molecule has 0 spiro atoms. The molecule has 0 saturated carbocycles. The smallest absolute Gasteiger partial charge is 0.243 e. The summed E-state index contributed by atoms with van der Waals surface area (Å²) >= 11 is 0. The van der Waals surface area contributed by atoms with E-state index < -0.39 is 0 Å². The number of fused-ring (bicyclic) bond motifs is 1. The molecule has 2 aromatic heterocycles. The van der Waals surface area contributed by atoms with Gasteiger partial charge >= 0.3 is 0 Å². The molecular weight excluding hydrogens is 304 g/mol. The van der Waals surface area contributed by atoms with Crippen molar-refractivity contribution < 1.29 is 4.79 Å². The van der Waals surface area contributed by atoms with Crippen LogP contribution in [0.3, 0.4) is 0 Å². The first-order chi connectivity index (χ1) is 11.7. The molecule has 0 aliphatic carbocycles. The quantitative estimate of drug-likeness (QED) is 0.531. The number of nitrogens with one attached hydrogen (secondary N) is 1. The number of carbonyl (C=O) groups is 1. The largest absolute Gasteiger partial charge is 0.368 e. The van der Waals surface area contributed by atoms with Gasteiger partial charge in [0.25, 0.3) is 0 Å². The van der Waals surface area contributed by atoms with Crippen LogP contribution in [0.15, 0.2) is 49.4 Å². The zero-order chi connectivity index (χ0) is 16.9. The number of rotatable bonds is 6. The van der Waals surface area contributed by atoms with Crippen molar-refractivity contribution in [1.29, 1.82) is 0 Å². The lowest BCUT2D eigenvalue weighted by Crippen LogP contribution is -2.22. The van der Waals surface area contributed by atoms with Gasteiger partial charge in [-0.3, -0.25) is 9.36 Å². The Labute approximate surface area is 139 Å². The molecule has 122 valence electrons. The Morgan fingerprint density at radius 2 is 2.21 bits per heavy atom. The summed E-state index contributed by atoms with van der Waals surface area (Å²) in [4.78, 5) is 23.7. The number of amides is 1. The fourth-order valence-electron chi connectivity index (χ4n) is 2.47. The second-order valence-electron chi connectivity index (χ2n) is 5.31. The maximum atomic E-state index is 11.1. The van der Waals surface area contributed by atoms with Crippen LogP contribution < -0.4 is 11.1 Å². The molecule has 0 bridgehead atoms. The first-order valence-corrected chi connectivity index (χ1v) is 7.62. The molecule has 2 heterocycles. The summed E-state index contributed by atoms with van der Waals surface area (Å²) in [5.41, 5.74) is 8.67. The predicted octanol–water partition coefficient (Wildman–Crippen LogP) is 1.63. The van der Waals surface area contributed by atoms with Crippen molar-refractivity contribution in [3.63, 3.8) is 0 Å². The molecular formula is C17H18N6O. The topological polar surface area (TPSA) is 98.7 Å². The third-order valence-corrected chi connectivity index (χ3v) is 3.64. The van der Waals surface area contributed by atoms with E-state index >= 15 is 0 Å². The lowest BCUT2D eigenvalue weighted by molar-refractivity contribution is -0.116. The minimum Gasteiger partial charge on any atom is -0.368 e. The highest BCUT2D eigenvalue weighted by Crippen LogP contribution is 2.19. The van der Waals surface area contributed by atoms with Crippen LogP contribution in [0.5, 0.6) is 0 Å². The first kappa shape index (κ1) is 15.7. The van der Waals surface area contributed by atoms with Gasteiger partial charge in [0.1, 0.15) is 12.1 Å². The fourth-order valence-corrected chi connectivity index (χ4v) is 2.47. The van der Waals surface area contributed by atoms with E-state index in [1.165, 1.54) is 11.6 Å². The molecule has 0 aliphatic rings. The number of nitrogen functional groups attached to an aromatic ring is 1. The van der Waals surface area contributed by atoms with Gasteiger partial charge < -0.3 is 11.1 Å². The van der Waals surface area contributed by atoms with E-state index in [9.17, 15) is 4.79 Å². The van der Waals surface area contributed by atoms with Gasteiger partial charge in [-0.1, -0.05) is 12.6 Å². The zero-order valence-electron chi connectivity index (χ0n) is 13.1. The molecule has 3 aromatic rings. The standard InChI is InChI=1S/C17H18N6O/c1-2-16(24)19-8-3-4-12-5-6-13-14(10-12)23(11-21-13)15-7-9-20-17(18)22-15/h2,5-7,9-11H,1,3-4,8H2,(H,19,24)(H2,18,20,22). The van der Waals surface area contributed by atoms with E-state index in [0.717, 1.165) is 23.9 Å². The van der Waals surface area contributed by atoms with Gasteiger partial charge in [0, 0.05) is 12.7 Å². The second-order valence-corrected chi connectivity index (χ2v) is 5.31. The highest BCUT2D eigenvalue weighted by Gasteiger charge is 2.07. The van der Waals surface area contributed by atoms with Gasteiger partial charge in [0.15, 0.2) is 0 Å². The Hall–Kier alpha value is -3.22. The fraction of sp³-hybridized carbons (Fsp3) is 0.176. The Kier molecular flexibility index (Phi) is 4.51. The van der Waals surface area contributed by atoms with Crippen molar-refractivity contribution in [2.24, 2.45) is 0 Å². The van der Waals surface area contributed by atoms with Gasteiger partial charge in [0.05, 0.1) is 11.0 Å². The van der Waals surface area contributed by atoms with E-state index in [2.05, 4.69) is 32.9 Å². The van der Waals surface area contributed by atoms with Crippen LogP contribution in [0, 0.1) is 0 Å². The lowest BCUT2D eigenvalue weighted by atomic mass is 10.1. The predicted molar refractivity (Wildman–Crippen MR) is 92.6 cm³/mol. The van der Waals surface area contributed by atoms with Crippen LogP contribution in [0.4, 0.5) is 5.95 Å². The Balaban J connectivity index is 1.79. The van der Waals surface area contributed by atoms with E-state index in [0.29, 0.717) is 12.4 Å². The van der Waals surface area contributed by atoms with Gasteiger partial charge in [0.2, 0.25) is 11.9 Å². The number of nitrogens with zero attached hydrogens (tertiary/aromatic N) is 4. The maximum Gasteiger partial charge on any atom is 0.243 e. The SMILES string of the molecule is C=CC(=O)NCCCc1ccc2ncn(-c3ccnc(N)n3)c2c1. The summed E-state index contributed by atoms with van der Waals surface area (Å²) in [6.45, 7) is 4.05. The molecule has 7 heteroatoms. The van der Waals surface area contributed by atoms with Crippen molar-refractivity contribution in [2.45, 2.75) is 12.8 Å². The number of carbonyl (C=O) groups excluding carboxylic acids is 1. The summed E-state index contributed by atoms with van der Waals surface area (Å²) in [7, 11) is 0. The number of anilines is 1. The average Bonchev–Trinajstić information content (AvgIpc) is 3.01. The van der Waals surface area contributed by atoms with Crippen molar-refractivity contribution in [2.75, 3.05) is 12.3 Å². The number of benzene rings is 1. The number of aryl methyl sites for hydroxylation is 1.